The summed E-state index contributed by atoms with van der Waals surface area (Å²) >= 11 is 8.94. The molecule has 0 amide bonds. The number of aryl methyl sites for hydroxylation is 2. The molecular formula is C17H13Br2NS. The Kier molecular flexibility index (Phi) is 4.29. The van der Waals surface area contributed by atoms with E-state index in [1.807, 2.05) is 12.1 Å². The lowest BCUT2D eigenvalue weighted by Crippen LogP contribution is -1.83. The van der Waals surface area contributed by atoms with Gasteiger partial charge in [0.1, 0.15) is 5.01 Å². The van der Waals surface area contributed by atoms with Crippen LogP contribution in [0.15, 0.2) is 51.4 Å². The first kappa shape index (κ1) is 14.9. The maximum atomic E-state index is 4.85. The SMILES string of the molecule is Cc1ccc(-c2nc(-c3ccccc3Br)c(C)s2)cc1Br. The summed E-state index contributed by atoms with van der Waals surface area (Å²) < 4.78 is 2.20. The maximum Gasteiger partial charge on any atom is 0.124 e. The van der Waals surface area contributed by atoms with Crippen LogP contribution in [0.1, 0.15) is 10.4 Å². The lowest BCUT2D eigenvalue weighted by atomic mass is 10.1. The molecule has 1 aromatic heterocycles. The van der Waals surface area contributed by atoms with Gasteiger partial charge in [0, 0.05) is 24.9 Å². The summed E-state index contributed by atoms with van der Waals surface area (Å²) in [5.41, 5.74) is 4.58. The third kappa shape index (κ3) is 2.98. The molecule has 2 aromatic carbocycles. The number of rotatable bonds is 2. The number of hydrogen-bond donors (Lipinski definition) is 0. The third-order valence-corrected chi connectivity index (χ3v) is 5.91. The topological polar surface area (TPSA) is 12.9 Å². The minimum absolute atomic E-state index is 1.05. The van der Waals surface area contributed by atoms with Gasteiger partial charge in [-0.3, -0.25) is 0 Å². The lowest BCUT2D eigenvalue weighted by Gasteiger charge is -2.02. The molecule has 3 aromatic rings. The third-order valence-electron chi connectivity index (χ3n) is 3.34. The number of hydrogen-bond acceptors (Lipinski definition) is 2. The number of thiazole rings is 1. The first-order valence-corrected chi connectivity index (χ1v) is 8.95. The van der Waals surface area contributed by atoms with Crippen molar-refractivity contribution in [3.05, 3.63) is 61.9 Å². The molecule has 0 aliphatic rings. The van der Waals surface area contributed by atoms with E-state index in [4.69, 9.17) is 4.98 Å². The van der Waals surface area contributed by atoms with E-state index in [1.165, 1.54) is 10.4 Å². The first-order chi connectivity index (χ1) is 10.1. The molecule has 1 nitrogen and oxygen atoms in total. The zero-order chi connectivity index (χ0) is 15.0. The predicted molar refractivity (Wildman–Crippen MR) is 97.9 cm³/mol. The fourth-order valence-electron chi connectivity index (χ4n) is 2.15. The molecule has 0 fully saturated rings. The van der Waals surface area contributed by atoms with Crippen molar-refractivity contribution < 1.29 is 0 Å². The summed E-state index contributed by atoms with van der Waals surface area (Å²) in [6, 6.07) is 14.6. The Hall–Kier alpha value is -0.970. The van der Waals surface area contributed by atoms with Crippen molar-refractivity contribution in [3.63, 3.8) is 0 Å². The molecular weight excluding hydrogens is 410 g/mol. The van der Waals surface area contributed by atoms with Gasteiger partial charge >= 0.3 is 0 Å². The Morgan fingerprint density at radius 1 is 0.952 bits per heavy atom. The van der Waals surface area contributed by atoms with Crippen LogP contribution in [0.2, 0.25) is 0 Å². The molecule has 3 rings (SSSR count). The fraction of sp³-hybridized carbons (Fsp3) is 0.118. The monoisotopic (exact) mass is 421 g/mol. The van der Waals surface area contributed by atoms with E-state index < -0.39 is 0 Å². The molecule has 21 heavy (non-hydrogen) atoms. The van der Waals surface area contributed by atoms with Gasteiger partial charge in [-0.1, -0.05) is 62.2 Å². The molecule has 4 heteroatoms. The maximum absolute atomic E-state index is 4.85. The molecule has 0 aliphatic carbocycles. The molecule has 0 bridgehead atoms. The van der Waals surface area contributed by atoms with E-state index in [0.29, 0.717) is 0 Å². The van der Waals surface area contributed by atoms with Gasteiger partial charge < -0.3 is 0 Å². The van der Waals surface area contributed by atoms with E-state index in [-0.39, 0.29) is 0 Å². The van der Waals surface area contributed by atoms with Crippen LogP contribution in [0, 0.1) is 13.8 Å². The Labute approximate surface area is 145 Å². The highest BCUT2D eigenvalue weighted by atomic mass is 79.9. The van der Waals surface area contributed by atoms with E-state index in [1.54, 1.807) is 11.3 Å². The second kappa shape index (κ2) is 6.03. The van der Waals surface area contributed by atoms with Crippen molar-refractivity contribution >= 4 is 43.2 Å². The van der Waals surface area contributed by atoms with Crippen LogP contribution in [0.5, 0.6) is 0 Å². The molecule has 0 spiro atoms. The van der Waals surface area contributed by atoms with Gasteiger partial charge in [0.15, 0.2) is 0 Å². The largest absolute Gasteiger partial charge is 0.236 e. The van der Waals surface area contributed by atoms with E-state index in [9.17, 15) is 0 Å². The Morgan fingerprint density at radius 3 is 2.43 bits per heavy atom. The molecule has 106 valence electrons. The Bertz CT molecular complexity index is 808. The molecule has 0 saturated carbocycles. The summed E-state index contributed by atoms with van der Waals surface area (Å²) in [6.45, 7) is 4.21. The van der Waals surface area contributed by atoms with Crippen molar-refractivity contribution in [1.82, 2.24) is 4.98 Å². The minimum atomic E-state index is 1.05. The van der Waals surface area contributed by atoms with Crippen molar-refractivity contribution in [2.24, 2.45) is 0 Å². The average Bonchev–Trinajstić information content (AvgIpc) is 2.84. The van der Waals surface area contributed by atoms with Crippen LogP contribution in [0.3, 0.4) is 0 Å². The fourth-order valence-corrected chi connectivity index (χ4v) is 3.92. The van der Waals surface area contributed by atoms with Crippen LogP contribution < -0.4 is 0 Å². The van der Waals surface area contributed by atoms with Crippen LogP contribution in [-0.2, 0) is 0 Å². The van der Waals surface area contributed by atoms with Gasteiger partial charge in [0.25, 0.3) is 0 Å². The smallest absolute Gasteiger partial charge is 0.124 e. The van der Waals surface area contributed by atoms with Gasteiger partial charge in [-0.2, -0.15) is 0 Å². The van der Waals surface area contributed by atoms with Gasteiger partial charge in [0.2, 0.25) is 0 Å². The second-order valence-corrected chi connectivity index (χ2v) is 7.78. The Balaban J connectivity index is 2.09. The van der Waals surface area contributed by atoms with Crippen molar-refractivity contribution in [1.29, 1.82) is 0 Å². The summed E-state index contributed by atoms with van der Waals surface area (Å²) in [6.07, 6.45) is 0. The summed E-state index contributed by atoms with van der Waals surface area (Å²) in [5, 5.41) is 1.05. The van der Waals surface area contributed by atoms with Gasteiger partial charge in [-0.25, -0.2) is 4.98 Å². The van der Waals surface area contributed by atoms with Crippen LogP contribution in [0.25, 0.3) is 21.8 Å². The van der Waals surface area contributed by atoms with Gasteiger partial charge in [0.05, 0.1) is 5.69 Å². The molecule has 1 heterocycles. The van der Waals surface area contributed by atoms with Crippen molar-refractivity contribution in [3.8, 4) is 21.8 Å². The number of halogens is 2. The standard InChI is InChI=1S/C17H13Br2NS/c1-10-7-8-12(9-15(10)19)17-20-16(11(2)21-17)13-5-3-4-6-14(13)18/h3-9H,1-2H3. The summed E-state index contributed by atoms with van der Waals surface area (Å²) in [7, 11) is 0. The number of benzene rings is 2. The highest BCUT2D eigenvalue weighted by molar-refractivity contribution is 9.10. The van der Waals surface area contributed by atoms with Gasteiger partial charge in [-0.05, 0) is 31.5 Å². The van der Waals surface area contributed by atoms with E-state index in [2.05, 4.69) is 76.0 Å². The average molecular weight is 423 g/mol. The molecule has 0 N–H and O–H groups in total. The zero-order valence-corrected chi connectivity index (χ0v) is 15.6. The van der Waals surface area contributed by atoms with Crippen molar-refractivity contribution in [2.45, 2.75) is 13.8 Å². The summed E-state index contributed by atoms with van der Waals surface area (Å²) in [5.74, 6) is 0. The molecule has 0 radical (unpaired) electrons. The van der Waals surface area contributed by atoms with Crippen molar-refractivity contribution in [2.75, 3.05) is 0 Å². The predicted octanol–water partition coefficient (Wildman–Crippen LogP) is 6.62. The number of aromatic nitrogens is 1. The summed E-state index contributed by atoms with van der Waals surface area (Å²) in [4.78, 5) is 6.08. The molecule has 0 saturated heterocycles. The highest BCUT2D eigenvalue weighted by Crippen LogP contribution is 2.37. The first-order valence-electron chi connectivity index (χ1n) is 6.55. The zero-order valence-electron chi connectivity index (χ0n) is 11.7. The molecule has 0 aliphatic heterocycles. The van der Waals surface area contributed by atoms with Crippen LogP contribution in [0.4, 0.5) is 0 Å². The van der Waals surface area contributed by atoms with E-state index in [0.717, 1.165) is 30.8 Å². The molecule has 0 unspecified atom stereocenters. The Morgan fingerprint density at radius 2 is 1.71 bits per heavy atom. The van der Waals surface area contributed by atoms with E-state index >= 15 is 0 Å². The second-order valence-electron chi connectivity index (χ2n) is 4.87. The normalized spacial score (nSPS) is 10.9. The number of nitrogens with zero attached hydrogens (tertiary/aromatic N) is 1. The quantitative estimate of drug-likeness (QED) is 0.452. The highest BCUT2D eigenvalue weighted by Gasteiger charge is 2.13. The lowest BCUT2D eigenvalue weighted by molar-refractivity contribution is 1.35. The van der Waals surface area contributed by atoms with Gasteiger partial charge in [-0.15, -0.1) is 11.3 Å². The van der Waals surface area contributed by atoms with Crippen LogP contribution >= 0.6 is 43.2 Å². The molecule has 0 atom stereocenters. The minimum Gasteiger partial charge on any atom is -0.236 e. The van der Waals surface area contributed by atoms with Crippen LogP contribution in [-0.4, -0.2) is 4.98 Å².